The molecule has 2 fully saturated rings. The predicted molar refractivity (Wildman–Crippen MR) is 99.4 cm³/mol. The highest BCUT2D eigenvalue weighted by Gasteiger charge is 2.51. The molecule has 9 nitrogen and oxygen atoms in total. The molecule has 1 atom stereocenters. The lowest BCUT2D eigenvalue weighted by Crippen LogP contribution is -2.39. The number of hydrogen-bond donors (Lipinski definition) is 0. The van der Waals surface area contributed by atoms with Gasteiger partial charge in [-0.1, -0.05) is 12.1 Å². The molecule has 0 N–H and O–H groups in total. The Morgan fingerprint density at radius 3 is 2.71 bits per heavy atom. The number of carbonyl (C=O) groups excluding carboxylic acids is 2. The summed E-state index contributed by atoms with van der Waals surface area (Å²) in [6.07, 6.45) is 3.10. The molecule has 0 aliphatic carbocycles. The van der Waals surface area contributed by atoms with Gasteiger partial charge in [0.15, 0.2) is 0 Å². The predicted octanol–water partition coefficient (Wildman–Crippen LogP) is 0.432. The van der Waals surface area contributed by atoms with E-state index < -0.39 is 5.41 Å². The molecule has 2 saturated heterocycles. The first kappa shape index (κ1) is 18.5. The number of rotatable bonds is 6. The molecule has 1 aromatic carbocycles. The monoisotopic (exact) mass is 384 g/mol. The Morgan fingerprint density at radius 1 is 1.21 bits per heavy atom. The standard InChI is InChI=1S/C19H24N6O3/c1-28-11-10-23-8-6-19(18(23)27)7-9-24(13-19)17(26)16-4-2-15(3-5-16)12-25-14-20-21-22-25/h2-5,14H,6-13H2,1H3. The maximum Gasteiger partial charge on any atom is 0.253 e. The van der Waals surface area contributed by atoms with Crippen LogP contribution in [0.15, 0.2) is 30.6 Å². The largest absolute Gasteiger partial charge is 0.383 e. The molecular weight excluding hydrogens is 360 g/mol. The lowest BCUT2D eigenvalue weighted by molar-refractivity contribution is -0.135. The summed E-state index contributed by atoms with van der Waals surface area (Å²) in [5, 5.41) is 11.1. The molecule has 3 heterocycles. The van der Waals surface area contributed by atoms with Crippen molar-refractivity contribution >= 4 is 11.8 Å². The normalized spacial score (nSPS) is 21.8. The van der Waals surface area contributed by atoms with Crippen LogP contribution in [0.1, 0.15) is 28.8 Å². The van der Waals surface area contributed by atoms with Gasteiger partial charge in [-0.3, -0.25) is 9.59 Å². The lowest BCUT2D eigenvalue weighted by Gasteiger charge is -2.23. The molecule has 1 spiro atoms. The van der Waals surface area contributed by atoms with E-state index in [1.807, 2.05) is 34.1 Å². The van der Waals surface area contributed by atoms with Crippen molar-refractivity contribution in [1.29, 1.82) is 0 Å². The summed E-state index contributed by atoms with van der Waals surface area (Å²) in [6, 6.07) is 7.48. The fourth-order valence-corrected chi connectivity index (χ4v) is 4.11. The van der Waals surface area contributed by atoms with Crippen molar-refractivity contribution in [3.8, 4) is 0 Å². The third-order valence-corrected chi connectivity index (χ3v) is 5.74. The van der Waals surface area contributed by atoms with Crippen molar-refractivity contribution in [2.75, 3.05) is 39.9 Å². The van der Waals surface area contributed by atoms with Crippen molar-refractivity contribution in [2.45, 2.75) is 19.4 Å². The number of likely N-dealkylation sites (tertiary alicyclic amines) is 2. The summed E-state index contributed by atoms with van der Waals surface area (Å²) in [7, 11) is 1.64. The Labute approximate surface area is 163 Å². The summed E-state index contributed by atoms with van der Waals surface area (Å²) in [5.74, 6) is 0.144. The van der Waals surface area contributed by atoms with Crippen molar-refractivity contribution in [3.05, 3.63) is 41.7 Å². The Hall–Kier alpha value is -2.81. The molecule has 9 heteroatoms. The van der Waals surface area contributed by atoms with Crippen molar-refractivity contribution in [1.82, 2.24) is 30.0 Å². The lowest BCUT2D eigenvalue weighted by atomic mass is 9.85. The zero-order valence-electron chi connectivity index (χ0n) is 16.0. The minimum absolute atomic E-state index is 0.0195. The van der Waals surface area contributed by atoms with E-state index in [4.69, 9.17) is 4.74 Å². The van der Waals surface area contributed by atoms with E-state index in [1.54, 1.807) is 18.1 Å². The van der Waals surface area contributed by atoms with Gasteiger partial charge in [0.05, 0.1) is 18.6 Å². The van der Waals surface area contributed by atoms with Crippen LogP contribution in [0.3, 0.4) is 0 Å². The maximum atomic E-state index is 12.9. The highest BCUT2D eigenvalue weighted by atomic mass is 16.5. The summed E-state index contributed by atoms with van der Waals surface area (Å²) >= 11 is 0. The average molecular weight is 384 g/mol. The van der Waals surface area contributed by atoms with Gasteiger partial charge in [0.2, 0.25) is 5.91 Å². The van der Waals surface area contributed by atoms with Gasteiger partial charge in [0.25, 0.3) is 5.91 Å². The highest BCUT2D eigenvalue weighted by molar-refractivity contribution is 5.95. The molecule has 0 radical (unpaired) electrons. The smallest absolute Gasteiger partial charge is 0.253 e. The molecule has 2 aliphatic rings. The van der Waals surface area contributed by atoms with Gasteiger partial charge in [-0.25, -0.2) is 4.68 Å². The summed E-state index contributed by atoms with van der Waals surface area (Å²) in [6.45, 7) is 3.58. The van der Waals surface area contributed by atoms with E-state index in [1.165, 1.54) is 0 Å². The van der Waals surface area contributed by atoms with Crippen LogP contribution in [0.4, 0.5) is 0 Å². The van der Waals surface area contributed by atoms with Crippen LogP contribution in [0, 0.1) is 5.41 Å². The highest BCUT2D eigenvalue weighted by Crippen LogP contribution is 2.41. The van der Waals surface area contributed by atoms with Crippen LogP contribution in [0.2, 0.25) is 0 Å². The Kier molecular flexibility index (Phi) is 5.08. The second-order valence-electron chi connectivity index (χ2n) is 7.50. The number of nitrogens with zero attached hydrogens (tertiary/aromatic N) is 6. The summed E-state index contributed by atoms with van der Waals surface area (Å²) < 4.78 is 6.72. The van der Waals surface area contributed by atoms with Gasteiger partial charge in [0, 0.05) is 38.9 Å². The van der Waals surface area contributed by atoms with Gasteiger partial charge in [0.1, 0.15) is 6.33 Å². The zero-order valence-corrected chi connectivity index (χ0v) is 16.0. The first-order chi connectivity index (χ1) is 13.6. The SMILES string of the molecule is COCCN1CCC2(CCN(C(=O)c3ccc(Cn4cnnn4)cc3)C2)C1=O. The van der Waals surface area contributed by atoms with E-state index in [2.05, 4.69) is 15.5 Å². The van der Waals surface area contributed by atoms with E-state index in [0.29, 0.717) is 38.3 Å². The third-order valence-electron chi connectivity index (χ3n) is 5.74. The molecule has 0 bridgehead atoms. The molecule has 4 rings (SSSR count). The minimum atomic E-state index is -0.413. The Morgan fingerprint density at radius 2 is 2.00 bits per heavy atom. The number of carbonyl (C=O) groups is 2. The van der Waals surface area contributed by atoms with Crippen molar-refractivity contribution in [2.24, 2.45) is 5.41 Å². The molecule has 1 aromatic heterocycles. The van der Waals surface area contributed by atoms with Crippen molar-refractivity contribution < 1.29 is 14.3 Å². The number of methoxy groups -OCH3 is 1. The van der Waals surface area contributed by atoms with Gasteiger partial charge in [-0.05, 0) is 41.0 Å². The molecule has 2 amide bonds. The topological polar surface area (TPSA) is 93.4 Å². The van der Waals surface area contributed by atoms with Gasteiger partial charge in [-0.2, -0.15) is 0 Å². The second-order valence-corrected chi connectivity index (χ2v) is 7.50. The van der Waals surface area contributed by atoms with E-state index in [0.717, 1.165) is 24.9 Å². The second kappa shape index (κ2) is 7.67. The van der Waals surface area contributed by atoms with Crippen LogP contribution < -0.4 is 0 Å². The van der Waals surface area contributed by atoms with Crippen LogP contribution in [-0.4, -0.2) is 81.7 Å². The number of amides is 2. The quantitative estimate of drug-likeness (QED) is 0.717. The average Bonchev–Trinajstić information content (AvgIpc) is 3.44. The number of tetrazole rings is 1. The number of benzene rings is 1. The van der Waals surface area contributed by atoms with Crippen LogP contribution in [-0.2, 0) is 16.1 Å². The Balaban J connectivity index is 1.39. The number of hydrogen-bond acceptors (Lipinski definition) is 6. The number of ether oxygens (including phenoxy) is 1. The third kappa shape index (κ3) is 3.49. The molecule has 2 aromatic rings. The fraction of sp³-hybridized carbons (Fsp3) is 0.526. The van der Waals surface area contributed by atoms with Crippen LogP contribution in [0.5, 0.6) is 0 Å². The van der Waals surface area contributed by atoms with Gasteiger partial charge >= 0.3 is 0 Å². The molecule has 0 saturated carbocycles. The van der Waals surface area contributed by atoms with Crippen LogP contribution >= 0.6 is 0 Å². The minimum Gasteiger partial charge on any atom is -0.383 e. The van der Waals surface area contributed by atoms with E-state index >= 15 is 0 Å². The van der Waals surface area contributed by atoms with Crippen molar-refractivity contribution in [3.63, 3.8) is 0 Å². The summed E-state index contributed by atoms with van der Waals surface area (Å²) in [4.78, 5) is 29.4. The zero-order chi connectivity index (χ0) is 19.6. The Bertz CT molecular complexity index is 838. The number of aromatic nitrogens is 4. The van der Waals surface area contributed by atoms with Gasteiger partial charge in [-0.15, -0.1) is 5.10 Å². The molecule has 28 heavy (non-hydrogen) atoms. The van der Waals surface area contributed by atoms with E-state index in [9.17, 15) is 9.59 Å². The molecular formula is C19H24N6O3. The van der Waals surface area contributed by atoms with Crippen LogP contribution in [0.25, 0.3) is 0 Å². The molecule has 2 aliphatic heterocycles. The maximum absolute atomic E-state index is 12.9. The van der Waals surface area contributed by atoms with E-state index in [-0.39, 0.29) is 11.8 Å². The first-order valence-electron chi connectivity index (χ1n) is 9.49. The molecule has 148 valence electrons. The summed E-state index contributed by atoms with van der Waals surface area (Å²) in [5.41, 5.74) is 1.24. The first-order valence-corrected chi connectivity index (χ1v) is 9.49. The fourth-order valence-electron chi connectivity index (χ4n) is 4.11. The molecule has 1 unspecified atom stereocenters. The van der Waals surface area contributed by atoms with Gasteiger partial charge < -0.3 is 14.5 Å².